The molecule has 0 radical (unpaired) electrons. The molecule has 1 aliphatic heterocycles. The van der Waals surface area contributed by atoms with Crippen molar-refractivity contribution in [3.63, 3.8) is 0 Å². The minimum Gasteiger partial charge on any atom is -0.353 e. The number of halogens is 3. The number of anilines is 1. The molecule has 0 atom stereocenters. The molecule has 4 rings (SSSR count). The Morgan fingerprint density at radius 2 is 1.48 bits per heavy atom. The van der Waals surface area contributed by atoms with Crippen LogP contribution in [0.3, 0.4) is 0 Å². The SMILES string of the molecule is O=C(N1CCCN(c2nc3ccccc3nc2-c2ccccc2)CC1)C(Cl)(Cl)Cl. The normalized spacial score (nSPS) is 15.4. The van der Waals surface area contributed by atoms with E-state index in [0.29, 0.717) is 19.6 Å². The summed E-state index contributed by atoms with van der Waals surface area (Å²) in [4.78, 5) is 25.9. The topological polar surface area (TPSA) is 49.3 Å². The Kier molecular flexibility index (Phi) is 5.81. The Morgan fingerprint density at radius 3 is 2.17 bits per heavy atom. The second-order valence-corrected chi connectivity index (χ2v) is 9.16. The lowest BCUT2D eigenvalue weighted by Crippen LogP contribution is -2.41. The van der Waals surface area contributed by atoms with Crippen LogP contribution in [0.4, 0.5) is 5.82 Å². The summed E-state index contributed by atoms with van der Waals surface area (Å²) < 4.78 is -1.94. The molecule has 0 N–H and O–H groups in total. The van der Waals surface area contributed by atoms with Crippen molar-refractivity contribution in [2.45, 2.75) is 10.2 Å². The molecule has 1 fully saturated rings. The molecular formula is C21H19Cl3N4O. The van der Waals surface area contributed by atoms with Gasteiger partial charge in [-0.2, -0.15) is 0 Å². The third kappa shape index (κ3) is 4.42. The maximum absolute atomic E-state index is 12.4. The van der Waals surface area contributed by atoms with Crippen molar-refractivity contribution in [2.24, 2.45) is 0 Å². The van der Waals surface area contributed by atoms with E-state index < -0.39 is 9.70 Å². The van der Waals surface area contributed by atoms with Gasteiger partial charge in [0.2, 0.25) is 0 Å². The molecule has 5 nitrogen and oxygen atoms in total. The molecule has 0 aliphatic carbocycles. The van der Waals surface area contributed by atoms with Gasteiger partial charge in [-0.1, -0.05) is 77.3 Å². The van der Waals surface area contributed by atoms with Gasteiger partial charge in [-0.3, -0.25) is 4.79 Å². The van der Waals surface area contributed by atoms with E-state index in [4.69, 9.17) is 44.8 Å². The summed E-state index contributed by atoms with van der Waals surface area (Å²) in [6.07, 6.45) is 0.745. The summed E-state index contributed by atoms with van der Waals surface area (Å²) in [7, 11) is 0. The fourth-order valence-electron chi connectivity index (χ4n) is 3.51. The molecule has 1 aliphatic rings. The van der Waals surface area contributed by atoms with Crippen LogP contribution in [-0.2, 0) is 4.79 Å². The molecular weight excluding hydrogens is 431 g/mol. The van der Waals surface area contributed by atoms with Crippen LogP contribution in [0.1, 0.15) is 6.42 Å². The molecule has 1 saturated heterocycles. The van der Waals surface area contributed by atoms with Crippen molar-refractivity contribution >= 4 is 57.6 Å². The Balaban J connectivity index is 1.70. The molecule has 1 aromatic heterocycles. The predicted octanol–water partition coefficient (Wildman–Crippen LogP) is 4.71. The van der Waals surface area contributed by atoms with Crippen LogP contribution in [0, 0.1) is 0 Å². The first-order chi connectivity index (χ1) is 13.9. The average molecular weight is 450 g/mol. The molecule has 2 heterocycles. The first-order valence-corrected chi connectivity index (χ1v) is 10.5. The quantitative estimate of drug-likeness (QED) is 0.532. The minimum atomic E-state index is -1.94. The van der Waals surface area contributed by atoms with Gasteiger partial charge in [0.1, 0.15) is 5.69 Å². The van der Waals surface area contributed by atoms with Crippen molar-refractivity contribution in [1.29, 1.82) is 0 Å². The maximum atomic E-state index is 12.4. The fourth-order valence-corrected chi connectivity index (χ4v) is 3.87. The third-order valence-corrected chi connectivity index (χ3v) is 5.41. The second-order valence-electron chi connectivity index (χ2n) is 6.88. The van der Waals surface area contributed by atoms with Crippen molar-refractivity contribution in [1.82, 2.24) is 14.9 Å². The number of amides is 1. The monoisotopic (exact) mass is 448 g/mol. The molecule has 0 unspecified atom stereocenters. The van der Waals surface area contributed by atoms with Crippen LogP contribution in [0.25, 0.3) is 22.3 Å². The third-order valence-electron chi connectivity index (χ3n) is 4.92. The lowest BCUT2D eigenvalue weighted by Gasteiger charge is -2.26. The molecule has 29 heavy (non-hydrogen) atoms. The van der Waals surface area contributed by atoms with Crippen LogP contribution in [0.2, 0.25) is 0 Å². The number of carbonyl (C=O) groups is 1. The summed E-state index contributed by atoms with van der Waals surface area (Å²) >= 11 is 17.4. The zero-order chi connectivity index (χ0) is 20.4. The van der Waals surface area contributed by atoms with E-state index in [-0.39, 0.29) is 0 Å². The highest BCUT2D eigenvalue weighted by Gasteiger charge is 2.36. The molecule has 1 amide bonds. The number of hydrogen-bond acceptors (Lipinski definition) is 4. The van der Waals surface area contributed by atoms with Gasteiger partial charge in [-0.05, 0) is 18.6 Å². The summed E-state index contributed by atoms with van der Waals surface area (Å²) in [6, 6.07) is 17.8. The second kappa shape index (κ2) is 8.34. The van der Waals surface area contributed by atoms with Crippen LogP contribution in [-0.4, -0.2) is 50.7 Å². The molecule has 8 heteroatoms. The van der Waals surface area contributed by atoms with E-state index in [1.165, 1.54) is 0 Å². The van der Waals surface area contributed by atoms with Crippen molar-refractivity contribution < 1.29 is 4.79 Å². The Hall–Kier alpha value is -2.08. The highest BCUT2D eigenvalue weighted by atomic mass is 35.6. The molecule has 2 aromatic carbocycles. The minimum absolute atomic E-state index is 0.454. The highest BCUT2D eigenvalue weighted by molar-refractivity contribution is 6.76. The maximum Gasteiger partial charge on any atom is 0.274 e. The molecule has 3 aromatic rings. The van der Waals surface area contributed by atoms with Gasteiger partial charge >= 0.3 is 0 Å². The van der Waals surface area contributed by atoms with Crippen LogP contribution < -0.4 is 4.90 Å². The first-order valence-electron chi connectivity index (χ1n) is 9.37. The molecule has 150 valence electrons. The van der Waals surface area contributed by atoms with Crippen LogP contribution >= 0.6 is 34.8 Å². The van der Waals surface area contributed by atoms with Crippen LogP contribution in [0.5, 0.6) is 0 Å². The van der Waals surface area contributed by atoms with E-state index in [0.717, 1.165) is 41.1 Å². The van der Waals surface area contributed by atoms with Crippen molar-refractivity contribution in [3.05, 3.63) is 54.6 Å². The largest absolute Gasteiger partial charge is 0.353 e. The lowest BCUT2D eigenvalue weighted by atomic mass is 10.1. The molecule has 0 bridgehead atoms. The summed E-state index contributed by atoms with van der Waals surface area (Å²) in [5.74, 6) is 0.315. The first kappa shape index (κ1) is 20.2. The van der Waals surface area contributed by atoms with Crippen molar-refractivity contribution in [3.8, 4) is 11.3 Å². The lowest BCUT2D eigenvalue weighted by molar-refractivity contribution is -0.130. The summed E-state index contributed by atoms with van der Waals surface area (Å²) in [5, 5.41) is 0. The number of fused-ring (bicyclic) bond motifs is 1. The van der Waals surface area contributed by atoms with E-state index in [9.17, 15) is 4.79 Å². The Morgan fingerprint density at radius 1 is 0.828 bits per heavy atom. The Labute approximate surface area is 184 Å². The van der Waals surface area contributed by atoms with Gasteiger partial charge in [0, 0.05) is 31.7 Å². The van der Waals surface area contributed by atoms with Gasteiger partial charge in [-0.15, -0.1) is 0 Å². The predicted molar refractivity (Wildman–Crippen MR) is 119 cm³/mol. The number of nitrogens with zero attached hydrogens (tertiary/aromatic N) is 4. The van der Waals surface area contributed by atoms with Crippen LogP contribution in [0.15, 0.2) is 54.6 Å². The summed E-state index contributed by atoms with van der Waals surface area (Å²) in [5.41, 5.74) is 3.50. The number of carbonyl (C=O) groups excluding carboxylic acids is 1. The average Bonchev–Trinajstić information content (AvgIpc) is 2.98. The Bertz CT molecular complexity index is 1020. The zero-order valence-electron chi connectivity index (χ0n) is 15.6. The van der Waals surface area contributed by atoms with E-state index in [2.05, 4.69) is 4.90 Å². The van der Waals surface area contributed by atoms with E-state index in [1.807, 2.05) is 54.6 Å². The smallest absolute Gasteiger partial charge is 0.274 e. The van der Waals surface area contributed by atoms with Gasteiger partial charge < -0.3 is 9.80 Å². The van der Waals surface area contributed by atoms with Gasteiger partial charge in [0.25, 0.3) is 9.70 Å². The number of benzene rings is 2. The number of hydrogen-bond donors (Lipinski definition) is 0. The standard InChI is InChI=1S/C21H19Cl3N4O/c22-21(23,24)20(29)28-12-6-11-27(13-14-28)19-18(15-7-2-1-3-8-15)25-16-9-4-5-10-17(16)26-19/h1-5,7-10H,6,11-14H2. The summed E-state index contributed by atoms with van der Waals surface area (Å²) in [6.45, 7) is 2.30. The van der Waals surface area contributed by atoms with E-state index >= 15 is 0 Å². The zero-order valence-corrected chi connectivity index (χ0v) is 17.8. The number of para-hydroxylation sites is 2. The number of aromatic nitrogens is 2. The molecule has 0 saturated carbocycles. The van der Waals surface area contributed by atoms with Crippen molar-refractivity contribution in [2.75, 3.05) is 31.1 Å². The van der Waals surface area contributed by atoms with E-state index in [1.54, 1.807) is 4.90 Å². The fraction of sp³-hybridized carbons (Fsp3) is 0.286. The number of rotatable bonds is 2. The number of alkyl halides is 3. The molecule has 0 spiro atoms. The van der Waals surface area contributed by atoms with Gasteiger partial charge in [-0.25, -0.2) is 9.97 Å². The van der Waals surface area contributed by atoms with Gasteiger partial charge in [0.05, 0.1) is 11.0 Å². The van der Waals surface area contributed by atoms with Gasteiger partial charge in [0.15, 0.2) is 5.82 Å². The highest BCUT2D eigenvalue weighted by Crippen LogP contribution is 2.32.